The number of hydrogen-bond donors (Lipinski definition) is 1. The fourth-order valence-corrected chi connectivity index (χ4v) is 3.27. The first-order chi connectivity index (χ1) is 11.0. The molecule has 23 heavy (non-hydrogen) atoms. The van der Waals surface area contributed by atoms with E-state index in [-0.39, 0.29) is 0 Å². The Morgan fingerprint density at radius 3 is 2.26 bits per heavy atom. The maximum atomic E-state index is 12.0. The van der Waals surface area contributed by atoms with Gasteiger partial charge in [0.25, 0.3) is 0 Å². The average Bonchev–Trinajstić information content (AvgIpc) is 2.57. The van der Waals surface area contributed by atoms with Gasteiger partial charge in [-0.25, -0.2) is 0 Å². The minimum absolute atomic E-state index is 0.349. The first-order valence-electron chi connectivity index (χ1n) is 7.13. The van der Waals surface area contributed by atoms with E-state index < -0.39 is 22.4 Å². The summed E-state index contributed by atoms with van der Waals surface area (Å²) in [5, 5.41) is 7.93. The molecule has 0 radical (unpaired) electrons. The molecular weight excluding hydrogens is 320 g/mol. The third-order valence-corrected chi connectivity index (χ3v) is 4.86. The van der Waals surface area contributed by atoms with Gasteiger partial charge in [-0.2, -0.15) is 0 Å². The molecule has 2 unspecified atom stereocenters. The molecule has 0 fully saturated rings. The highest BCUT2D eigenvalue weighted by molar-refractivity contribution is 8.01. The van der Waals surface area contributed by atoms with Gasteiger partial charge in [-0.3, -0.25) is 9.59 Å². The summed E-state index contributed by atoms with van der Waals surface area (Å²) >= 11 is 1.10. The number of aliphatic carboxylic acids is 1. The minimum Gasteiger partial charge on any atom is -0.493 e. The normalized spacial score (nSPS) is 13.0. The molecule has 0 aliphatic rings. The van der Waals surface area contributed by atoms with Crippen LogP contribution in [0.25, 0.3) is 0 Å². The summed E-state index contributed by atoms with van der Waals surface area (Å²) in [4.78, 5) is 23.2. The molecule has 1 aromatic rings. The highest BCUT2D eigenvalue weighted by Crippen LogP contribution is 2.30. The molecule has 0 saturated heterocycles. The molecule has 1 aromatic carbocycles. The van der Waals surface area contributed by atoms with Gasteiger partial charge in [-0.1, -0.05) is 13.0 Å². The van der Waals surface area contributed by atoms with Crippen LogP contribution in [0.1, 0.15) is 18.9 Å². The van der Waals surface area contributed by atoms with E-state index in [4.69, 9.17) is 14.2 Å². The van der Waals surface area contributed by atoms with Gasteiger partial charge < -0.3 is 19.3 Å². The molecule has 1 N–H and O–H groups in total. The van der Waals surface area contributed by atoms with E-state index in [1.165, 1.54) is 14.2 Å². The van der Waals surface area contributed by atoms with Crippen LogP contribution in [0.2, 0.25) is 0 Å². The van der Waals surface area contributed by atoms with Gasteiger partial charge in [0.2, 0.25) is 0 Å². The van der Waals surface area contributed by atoms with Gasteiger partial charge in [0.15, 0.2) is 11.5 Å². The van der Waals surface area contributed by atoms with Crippen molar-refractivity contribution in [1.29, 1.82) is 0 Å². The predicted octanol–water partition coefficient (Wildman–Crippen LogP) is 2.38. The lowest BCUT2D eigenvalue weighted by atomic mass is 10.1. The largest absolute Gasteiger partial charge is 0.493 e. The third-order valence-electron chi connectivity index (χ3n) is 3.31. The van der Waals surface area contributed by atoms with Gasteiger partial charge in [0.1, 0.15) is 10.5 Å². The Morgan fingerprint density at radius 1 is 1.13 bits per heavy atom. The Hall–Kier alpha value is -1.89. The van der Waals surface area contributed by atoms with Crippen LogP contribution in [-0.2, 0) is 20.7 Å². The maximum Gasteiger partial charge on any atom is 0.319 e. The molecule has 0 spiro atoms. The summed E-state index contributed by atoms with van der Waals surface area (Å²) in [5.41, 5.74) is 0.839. The molecule has 6 nitrogen and oxygen atoms in total. The molecule has 0 heterocycles. The average molecular weight is 342 g/mol. The van der Waals surface area contributed by atoms with Crippen LogP contribution >= 0.6 is 11.8 Å². The molecule has 128 valence electrons. The van der Waals surface area contributed by atoms with Crippen LogP contribution in [0.15, 0.2) is 18.2 Å². The van der Waals surface area contributed by atoms with Crippen molar-refractivity contribution in [2.24, 2.45) is 0 Å². The number of benzene rings is 1. The molecule has 2 atom stereocenters. The van der Waals surface area contributed by atoms with E-state index >= 15 is 0 Å². The van der Waals surface area contributed by atoms with Crippen molar-refractivity contribution in [2.45, 2.75) is 30.3 Å². The van der Waals surface area contributed by atoms with Crippen LogP contribution in [0.4, 0.5) is 0 Å². The van der Waals surface area contributed by atoms with E-state index in [0.29, 0.717) is 24.3 Å². The Kier molecular flexibility index (Phi) is 7.74. The van der Waals surface area contributed by atoms with Crippen LogP contribution in [0.5, 0.6) is 11.5 Å². The lowest BCUT2D eigenvalue weighted by Gasteiger charge is -2.19. The minimum atomic E-state index is -0.932. The van der Waals surface area contributed by atoms with Crippen molar-refractivity contribution in [1.82, 2.24) is 0 Å². The standard InChI is InChI=1S/C16H22O6S/c1-5-13(15(17)18)23-14(16(19)22-4)9-10-6-7-11(20-2)12(8-10)21-3/h6-8,13-14H,5,9H2,1-4H3,(H,17,18). The summed E-state index contributed by atoms with van der Waals surface area (Å²) in [6.07, 6.45) is 0.779. The fraction of sp³-hybridized carbons (Fsp3) is 0.500. The number of carbonyl (C=O) groups excluding carboxylic acids is 1. The lowest BCUT2D eigenvalue weighted by Crippen LogP contribution is -2.27. The Bertz CT molecular complexity index is 545. The van der Waals surface area contributed by atoms with Gasteiger partial charge in [0, 0.05) is 0 Å². The van der Waals surface area contributed by atoms with E-state index in [0.717, 1.165) is 17.3 Å². The van der Waals surface area contributed by atoms with Crippen molar-refractivity contribution in [3.05, 3.63) is 23.8 Å². The molecule has 7 heteroatoms. The lowest BCUT2D eigenvalue weighted by molar-refractivity contribution is -0.139. The fourth-order valence-electron chi connectivity index (χ4n) is 2.07. The molecule has 0 saturated carbocycles. The molecule has 0 bridgehead atoms. The third kappa shape index (κ3) is 5.35. The second-order valence-corrected chi connectivity index (χ2v) is 6.19. The smallest absolute Gasteiger partial charge is 0.319 e. The van der Waals surface area contributed by atoms with E-state index in [1.54, 1.807) is 26.2 Å². The summed E-state index contributed by atoms with van der Waals surface area (Å²) in [6.45, 7) is 1.77. The topological polar surface area (TPSA) is 82.1 Å². The van der Waals surface area contributed by atoms with Gasteiger partial charge in [-0.05, 0) is 30.5 Å². The zero-order chi connectivity index (χ0) is 17.4. The number of carboxylic acid groups (broad SMARTS) is 1. The number of carbonyl (C=O) groups is 2. The number of methoxy groups -OCH3 is 3. The second kappa shape index (κ2) is 9.29. The summed E-state index contributed by atoms with van der Waals surface area (Å²) in [7, 11) is 4.38. The van der Waals surface area contributed by atoms with E-state index in [9.17, 15) is 14.7 Å². The number of hydrogen-bond acceptors (Lipinski definition) is 6. The SMILES string of the molecule is CCC(SC(Cc1ccc(OC)c(OC)c1)C(=O)OC)C(=O)O. The van der Waals surface area contributed by atoms with Crippen molar-refractivity contribution < 1.29 is 28.9 Å². The van der Waals surface area contributed by atoms with Crippen molar-refractivity contribution in [2.75, 3.05) is 21.3 Å². The Labute approximate surface area is 140 Å². The second-order valence-electron chi connectivity index (χ2n) is 4.78. The van der Waals surface area contributed by atoms with Crippen LogP contribution in [-0.4, -0.2) is 48.9 Å². The number of ether oxygens (including phenoxy) is 3. The number of thioether (sulfide) groups is 1. The number of carboxylic acids is 1. The van der Waals surface area contributed by atoms with Crippen LogP contribution < -0.4 is 9.47 Å². The van der Waals surface area contributed by atoms with Crippen LogP contribution in [0.3, 0.4) is 0 Å². The van der Waals surface area contributed by atoms with Gasteiger partial charge in [0.05, 0.1) is 21.3 Å². The highest BCUT2D eigenvalue weighted by Gasteiger charge is 2.28. The Morgan fingerprint density at radius 2 is 1.78 bits per heavy atom. The number of rotatable bonds is 9. The molecular formula is C16H22O6S. The Balaban J connectivity index is 2.97. The maximum absolute atomic E-state index is 12.0. The zero-order valence-electron chi connectivity index (χ0n) is 13.7. The zero-order valence-corrected chi connectivity index (χ0v) is 14.5. The molecule has 0 aliphatic carbocycles. The quantitative estimate of drug-likeness (QED) is 0.690. The molecule has 0 amide bonds. The van der Waals surface area contributed by atoms with E-state index in [2.05, 4.69) is 0 Å². The summed E-state index contributed by atoms with van der Waals surface area (Å²) in [6, 6.07) is 5.35. The summed E-state index contributed by atoms with van der Waals surface area (Å²) in [5.74, 6) is -0.220. The van der Waals surface area contributed by atoms with Crippen molar-refractivity contribution in [3.8, 4) is 11.5 Å². The first kappa shape index (κ1) is 19.2. The first-order valence-corrected chi connectivity index (χ1v) is 8.08. The number of esters is 1. The van der Waals surface area contributed by atoms with Crippen molar-refractivity contribution in [3.63, 3.8) is 0 Å². The molecule has 0 aromatic heterocycles. The van der Waals surface area contributed by atoms with Crippen LogP contribution in [0, 0.1) is 0 Å². The molecule has 1 rings (SSSR count). The summed E-state index contributed by atoms with van der Waals surface area (Å²) < 4.78 is 15.2. The van der Waals surface area contributed by atoms with Gasteiger partial charge >= 0.3 is 11.9 Å². The monoisotopic (exact) mass is 342 g/mol. The van der Waals surface area contributed by atoms with Gasteiger partial charge in [-0.15, -0.1) is 11.8 Å². The highest BCUT2D eigenvalue weighted by atomic mass is 32.2. The van der Waals surface area contributed by atoms with Crippen molar-refractivity contribution >= 4 is 23.7 Å². The molecule has 0 aliphatic heterocycles. The predicted molar refractivity (Wildman–Crippen MR) is 88.4 cm³/mol. The van der Waals surface area contributed by atoms with E-state index in [1.807, 2.05) is 6.07 Å².